The zero-order chi connectivity index (χ0) is 18.9. The maximum atomic E-state index is 12.2. The molecule has 0 unspecified atom stereocenters. The Hall–Kier alpha value is -2.81. The van der Waals surface area contributed by atoms with E-state index in [0.29, 0.717) is 39.0 Å². The Labute approximate surface area is 154 Å². The van der Waals surface area contributed by atoms with E-state index in [1.807, 2.05) is 49.7 Å². The predicted molar refractivity (Wildman–Crippen MR) is 99.7 cm³/mol. The second kappa shape index (κ2) is 9.62. The second-order valence-corrected chi connectivity index (χ2v) is 6.14. The zero-order valence-electron chi connectivity index (χ0n) is 15.7. The van der Waals surface area contributed by atoms with Crippen molar-refractivity contribution in [2.75, 3.05) is 6.61 Å². The highest BCUT2D eigenvalue weighted by Gasteiger charge is 2.13. The Morgan fingerprint density at radius 3 is 2.92 bits per heavy atom. The molecular weight excluding hydrogens is 328 g/mol. The highest BCUT2D eigenvalue weighted by Crippen LogP contribution is 2.16. The van der Waals surface area contributed by atoms with E-state index >= 15 is 0 Å². The molecule has 0 aliphatic heterocycles. The Balaban J connectivity index is 1.86. The molecule has 2 aromatic rings. The fourth-order valence-electron chi connectivity index (χ4n) is 2.91. The standard InChI is InChI=1S/C20H26N4O2/c1-4-26-18-8-5-7-17(13-18)14-22-20(25)10-9-19-15(2)23-24(16(19)3)12-6-11-21/h5,7-8,13H,4,6,9-10,12,14H2,1-3H3,(H,22,25). The monoisotopic (exact) mass is 354 g/mol. The highest BCUT2D eigenvalue weighted by molar-refractivity contribution is 5.76. The van der Waals surface area contributed by atoms with Crippen LogP contribution in [0.4, 0.5) is 0 Å². The first-order valence-electron chi connectivity index (χ1n) is 8.93. The molecule has 6 heteroatoms. The number of hydrogen-bond donors (Lipinski definition) is 1. The number of ether oxygens (including phenoxy) is 1. The van der Waals surface area contributed by atoms with Crippen molar-refractivity contribution in [3.8, 4) is 11.8 Å². The largest absolute Gasteiger partial charge is 0.494 e. The number of nitrogens with zero attached hydrogens (tertiary/aromatic N) is 3. The van der Waals surface area contributed by atoms with Gasteiger partial charge in [0.2, 0.25) is 5.91 Å². The van der Waals surface area contributed by atoms with Gasteiger partial charge in [0.25, 0.3) is 0 Å². The molecular formula is C20H26N4O2. The van der Waals surface area contributed by atoms with Crippen molar-refractivity contribution >= 4 is 5.91 Å². The van der Waals surface area contributed by atoms with Gasteiger partial charge in [-0.1, -0.05) is 12.1 Å². The van der Waals surface area contributed by atoms with E-state index in [2.05, 4.69) is 16.5 Å². The van der Waals surface area contributed by atoms with Crippen molar-refractivity contribution in [2.24, 2.45) is 0 Å². The summed E-state index contributed by atoms with van der Waals surface area (Å²) in [6.45, 7) is 7.58. The minimum Gasteiger partial charge on any atom is -0.494 e. The van der Waals surface area contributed by atoms with Crippen LogP contribution in [0, 0.1) is 25.2 Å². The van der Waals surface area contributed by atoms with Gasteiger partial charge in [-0.3, -0.25) is 9.48 Å². The topological polar surface area (TPSA) is 79.9 Å². The maximum Gasteiger partial charge on any atom is 0.220 e. The fraction of sp³-hybridized carbons (Fsp3) is 0.450. The summed E-state index contributed by atoms with van der Waals surface area (Å²) in [5.74, 6) is 0.825. The van der Waals surface area contributed by atoms with Crippen molar-refractivity contribution in [3.05, 3.63) is 46.8 Å². The van der Waals surface area contributed by atoms with Gasteiger partial charge in [-0.15, -0.1) is 0 Å². The molecule has 1 aromatic heterocycles. The van der Waals surface area contributed by atoms with Crippen LogP contribution in [0.1, 0.15) is 42.3 Å². The van der Waals surface area contributed by atoms with Crippen molar-refractivity contribution in [1.29, 1.82) is 5.26 Å². The van der Waals surface area contributed by atoms with Gasteiger partial charge in [-0.05, 0) is 50.5 Å². The summed E-state index contributed by atoms with van der Waals surface area (Å²) < 4.78 is 7.33. The third-order valence-corrected chi connectivity index (χ3v) is 4.27. The number of aryl methyl sites for hydroxylation is 2. The molecule has 0 spiro atoms. The van der Waals surface area contributed by atoms with Crippen LogP contribution in [-0.4, -0.2) is 22.3 Å². The minimum atomic E-state index is 0.00962. The van der Waals surface area contributed by atoms with Crippen LogP contribution in [0.15, 0.2) is 24.3 Å². The van der Waals surface area contributed by atoms with Gasteiger partial charge >= 0.3 is 0 Å². The molecule has 1 heterocycles. The summed E-state index contributed by atoms with van der Waals surface area (Å²) in [5, 5.41) is 16.1. The Morgan fingerprint density at radius 2 is 2.19 bits per heavy atom. The summed E-state index contributed by atoms with van der Waals surface area (Å²) in [6.07, 6.45) is 1.49. The Bertz CT molecular complexity index is 790. The third-order valence-electron chi connectivity index (χ3n) is 4.27. The normalized spacial score (nSPS) is 10.4. The molecule has 0 saturated heterocycles. The molecule has 0 aliphatic rings. The second-order valence-electron chi connectivity index (χ2n) is 6.14. The van der Waals surface area contributed by atoms with Crippen LogP contribution in [-0.2, 0) is 24.3 Å². The Kier molecular flexibility index (Phi) is 7.22. The van der Waals surface area contributed by atoms with Crippen molar-refractivity contribution in [1.82, 2.24) is 15.1 Å². The van der Waals surface area contributed by atoms with Crippen molar-refractivity contribution < 1.29 is 9.53 Å². The number of benzene rings is 1. The lowest BCUT2D eigenvalue weighted by Crippen LogP contribution is -2.23. The summed E-state index contributed by atoms with van der Waals surface area (Å²) in [5.41, 5.74) is 4.07. The van der Waals surface area contributed by atoms with E-state index < -0.39 is 0 Å². The number of amides is 1. The maximum absolute atomic E-state index is 12.2. The first-order chi connectivity index (χ1) is 12.5. The molecule has 1 amide bonds. The summed E-state index contributed by atoms with van der Waals surface area (Å²) in [7, 11) is 0. The van der Waals surface area contributed by atoms with E-state index in [-0.39, 0.29) is 5.91 Å². The first-order valence-corrected chi connectivity index (χ1v) is 8.93. The molecule has 1 N–H and O–H groups in total. The van der Waals surface area contributed by atoms with Crippen LogP contribution >= 0.6 is 0 Å². The third kappa shape index (κ3) is 5.35. The number of carbonyl (C=O) groups is 1. The van der Waals surface area contributed by atoms with E-state index in [4.69, 9.17) is 10.00 Å². The van der Waals surface area contributed by atoms with Gasteiger partial charge < -0.3 is 10.1 Å². The average molecular weight is 354 g/mol. The Morgan fingerprint density at radius 1 is 1.38 bits per heavy atom. The number of hydrogen-bond acceptors (Lipinski definition) is 4. The van der Waals surface area contributed by atoms with Crippen LogP contribution in [0.5, 0.6) is 5.75 Å². The average Bonchev–Trinajstić information content (AvgIpc) is 2.90. The van der Waals surface area contributed by atoms with E-state index in [0.717, 1.165) is 28.3 Å². The van der Waals surface area contributed by atoms with Gasteiger partial charge in [0, 0.05) is 18.7 Å². The van der Waals surface area contributed by atoms with Gasteiger partial charge in [-0.25, -0.2) is 0 Å². The van der Waals surface area contributed by atoms with Gasteiger partial charge in [0.05, 0.1) is 31.3 Å². The lowest BCUT2D eigenvalue weighted by Gasteiger charge is -2.08. The summed E-state index contributed by atoms with van der Waals surface area (Å²) in [4.78, 5) is 12.2. The number of rotatable bonds is 9. The predicted octanol–water partition coefficient (Wildman–Crippen LogP) is 3.06. The van der Waals surface area contributed by atoms with Crippen molar-refractivity contribution in [2.45, 2.75) is 53.1 Å². The van der Waals surface area contributed by atoms with Gasteiger partial charge in [-0.2, -0.15) is 10.4 Å². The molecule has 26 heavy (non-hydrogen) atoms. The van der Waals surface area contributed by atoms with E-state index in [9.17, 15) is 4.79 Å². The molecule has 6 nitrogen and oxygen atoms in total. The summed E-state index contributed by atoms with van der Waals surface area (Å²) >= 11 is 0. The molecule has 0 bridgehead atoms. The highest BCUT2D eigenvalue weighted by atomic mass is 16.5. The SMILES string of the molecule is CCOc1cccc(CNC(=O)CCc2c(C)nn(CCC#N)c2C)c1. The smallest absolute Gasteiger partial charge is 0.220 e. The van der Waals surface area contributed by atoms with E-state index in [1.165, 1.54) is 0 Å². The molecule has 1 aromatic carbocycles. The van der Waals surface area contributed by atoms with E-state index in [1.54, 1.807) is 0 Å². The van der Waals surface area contributed by atoms with Crippen molar-refractivity contribution in [3.63, 3.8) is 0 Å². The minimum absolute atomic E-state index is 0.00962. The van der Waals surface area contributed by atoms with Crippen LogP contribution in [0.3, 0.4) is 0 Å². The zero-order valence-corrected chi connectivity index (χ0v) is 15.7. The van der Waals surface area contributed by atoms with Gasteiger partial charge in [0.1, 0.15) is 5.75 Å². The number of nitrogens with one attached hydrogen (secondary N) is 1. The summed E-state index contributed by atoms with van der Waals surface area (Å²) in [6, 6.07) is 9.88. The number of carbonyl (C=O) groups excluding carboxylic acids is 1. The van der Waals surface area contributed by atoms with Crippen LogP contribution < -0.4 is 10.1 Å². The molecule has 138 valence electrons. The van der Waals surface area contributed by atoms with Gasteiger partial charge in [0.15, 0.2) is 0 Å². The lowest BCUT2D eigenvalue weighted by molar-refractivity contribution is -0.121. The first kappa shape index (κ1) is 19.5. The quantitative estimate of drug-likeness (QED) is 0.750. The number of aromatic nitrogens is 2. The molecule has 0 fully saturated rings. The number of nitriles is 1. The lowest BCUT2D eigenvalue weighted by atomic mass is 10.1. The van der Waals surface area contributed by atoms with Crippen LogP contribution in [0.25, 0.3) is 0 Å². The van der Waals surface area contributed by atoms with Crippen LogP contribution in [0.2, 0.25) is 0 Å². The fourth-order valence-corrected chi connectivity index (χ4v) is 2.91. The molecule has 0 radical (unpaired) electrons. The molecule has 2 rings (SSSR count). The molecule has 0 atom stereocenters. The molecule has 0 saturated carbocycles. The molecule has 0 aliphatic carbocycles.